The van der Waals surface area contributed by atoms with Crippen LogP contribution >= 0.6 is 0 Å². The van der Waals surface area contributed by atoms with E-state index >= 15 is 0 Å². The zero-order valence-electron chi connectivity index (χ0n) is 6.86. The van der Waals surface area contributed by atoms with Crippen molar-refractivity contribution in [3.63, 3.8) is 0 Å². The van der Waals surface area contributed by atoms with E-state index in [-0.39, 0.29) is 0 Å². The normalized spacial score (nSPS) is 8.75. The fourth-order valence-corrected chi connectivity index (χ4v) is 0.874. The smallest absolute Gasteiger partial charge is 0.373 e. The number of hydrogen-bond donors (Lipinski definition) is 0. The molecular formula is C9H10NO2+. The summed E-state index contributed by atoms with van der Waals surface area (Å²) in [5, 5.41) is 0. The summed E-state index contributed by atoms with van der Waals surface area (Å²) in [5.41, 5.74) is 0. The standard InChI is InChI=1S/C9H10NO2/c1-2-12-9-5-3-4-6-10(9)7-8-11/h3-7H,2H2,1H3/q+1. The molecule has 0 spiro atoms. The molecule has 1 aromatic heterocycles. The highest BCUT2D eigenvalue weighted by atomic mass is 16.5. The lowest BCUT2D eigenvalue weighted by atomic mass is 10.5. The summed E-state index contributed by atoms with van der Waals surface area (Å²) in [7, 11) is 0. The highest BCUT2D eigenvalue weighted by Gasteiger charge is 2.05. The van der Waals surface area contributed by atoms with Crippen molar-refractivity contribution >= 4 is 12.1 Å². The molecule has 0 atom stereocenters. The van der Waals surface area contributed by atoms with E-state index in [4.69, 9.17) is 4.74 Å². The third kappa shape index (κ3) is 1.94. The van der Waals surface area contributed by atoms with Gasteiger partial charge in [-0.3, -0.25) is 0 Å². The van der Waals surface area contributed by atoms with Crippen LogP contribution in [-0.4, -0.2) is 12.5 Å². The molecule has 0 N–H and O–H groups in total. The fourth-order valence-electron chi connectivity index (χ4n) is 0.874. The molecule has 0 saturated carbocycles. The maximum Gasteiger partial charge on any atom is 0.373 e. The molecule has 0 aromatic carbocycles. The van der Waals surface area contributed by atoms with Crippen LogP contribution in [0.3, 0.4) is 0 Å². The van der Waals surface area contributed by atoms with E-state index in [9.17, 15) is 4.79 Å². The molecule has 0 aliphatic rings. The topological polar surface area (TPSA) is 30.2 Å². The van der Waals surface area contributed by atoms with E-state index in [0.717, 1.165) is 0 Å². The van der Waals surface area contributed by atoms with Crippen LogP contribution in [0.1, 0.15) is 6.92 Å². The summed E-state index contributed by atoms with van der Waals surface area (Å²) >= 11 is 0. The highest BCUT2D eigenvalue weighted by molar-refractivity contribution is 5.58. The number of aromatic nitrogens is 1. The van der Waals surface area contributed by atoms with Gasteiger partial charge in [0.1, 0.15) is 0 Å². The number of rotatable bonds is 3. The molecule has 1 rings (SSSR count). The van der Waals surface area contributed by atoms with Crippen molar-refractivity contribution in [2.24, 2.45) is 0 Å². The Labute approximate surface area is 70.9 Å². The molecular weight excluding hydrogens is 154 g/mol. The first-order valence-corrected chi connectivity index (χ1v) is 3.72. The van der Waals surface area contributed by atoms with E-state index in [0.29, 0.717) is 12.5 Å². The van der Waals surface area contributed by atoms with Gasteiger partial charge < -0.3 is 4.74 Å². The number of nitrogens with zero attached hydrogens (tertiary/aromatic N) is 1. The third-order valence-corrected chi connectivity index (χ3v) is 1.34. The Morgan fingerprint density at radius 1 is 1.67 bits per heavy atom. The molecule has 12 heavy (non-hydrogen) atoms. The first-order chi connectivity index (χ1) is 5.88. The van der Waals surface area contributed by atoms with Gasteiger partial charge in [-0.1, -0.05) is 0 Å². The summed E-state index contributed by atoms with van der Waals surface area (Å²) in [6.45, 7) is 2.47. The van der Waals surface area contributed by atoms with Gasteiger partial charge in [0, 0.05) is 6.07 Å². The third-order valence-electron chi connectivity index (χ3n) is 1.34. The minimum atomic E-state index is 0.580. The van der Waals surface area contributed by atoms with Gasteiger partial charge in [-0.2, -0.15) is 0 Å². The van der Waals surface area contributed by atoms with Crippen molar-refractivity contribution in [1.82, 2.24) is 0 Å². The molecule has 0 radical (unpaired) electrons. The quantitative estimate of drug-likeness (QED) is 0.485. The van der Waals surface area contributed by atoms with Crippen LogP contribution in [0.2, 0.25) is 0 Å². The van der Waals surface area contributed by atoms with Gasteiger partial charge in [0.05, 0.1) is 12.7 Å². The minimum Gasteiger partial charge on any atom is -0.444 e. The average Bonchev–Trinajstić information content (AvgIpc) is 2.09. The second-order valence-electron chi connectivity index (χ2n) is 2.13. The van der Waals surface area contributed by atoms with Gasteiger partial charge in [-0.25, -0.2) is 4.79 Å². The maximum absolute atomic E-state index is 10.1. The summed E-state index contributed by atoms with van der Waals surface area (Å²) in [6, 6.07) is 5.45. The second-order valence-corrected chi connectivity index (χ2v) is 2.13. The predicted molar refractivity (Wildman–Crippen MR) is 44.3 cm³/mol. The lowest BCUT2D eigenvalue weighted by Crippen LogP contribution is -2.28. The first kappa shape index (κ1) is 8.50. The van der Waals surface area contributed by atoms with Gasteiger partial charge >= 0.3 is 5.88 Å². The van der Waals surface area contributed by atoms with Crippen LogP contribution in [-0.2, 0) is 4.79 Å². The zero-order valence-corrected chi connectivity index (χ0v) is 6.86. The SMILES string of the molecule is CCOc1cccc[n+]1C=C=O. The Morgan fingerprint density at radius 2 is 2.50 bits per heavy atom. The molecule has 62 valence electrons. The Morgan fingerprint density at radius 3 is 3.17 bits per heavy atom. The average molecular weight is 164 g/mol. The van der Waals surface area contributed by atoms with Crippen LogP contribution in [0.4, 0.5) is 0 Å². The van der Waals surface area contributed by atoms with Crippen LogP contribution in [0.15, 0.2) is 24.4 Å². The monoisotopic (exact) mass is 164 g/mol. The van der Waals surface area contributed by atoms with E-state index in [1.165, 1.54) is 6.20 Å². The van der Waals surface area contributed by atoms with Crippen molar-refractivity contribution in [1.29, 1.82) is 0 Å². The molecule has 3 heteroatoms. The van der Waals surface area contributed by atoms with Gasteiger partial charge in [0.15, 0.2) is 12.1 Å². The first-order valence-electron chi connectivity index (χ1n) is 3.72. The Kier molecular flexibility index (Phi) is 3.05. The lowest BCUT2D eigenvalue weighted by molar-refractivity contribution is -0.575. The largest absolute Gasteiger partial charge is 0.444 e. The predicted octanol–water partition coefficient (Wildman–Crippen LogP) is 0.675. The van der Waals surface area contributed by atoms with Crippen LogP contribution in [0.25, 0.3) is 6.20 Å². The molecule has 0 aliphatic carbocycles. The van der Waals surface area contributed by atoms with E-state index in [1.54, 1.807) is 22.8 Å². The molecule has 0 unspecified atom stereocenters. The molecule has 0 saturated heterocycles. The zero-order chi connectivity index (χ0) is 8.81. The summed E-state index contributed by atoms with van der Waals surface area (Å²) in [4.78, 5) is 10.1. The lowest BCUT2D eigenvalue weighted by Gasteiger charge is -1.97. The summed E-state index contributed by atoms with van der Waals surface area (Å²) < 4.78 is 6.82. The molecule has 0 amide bonds. The molecule has 3 nitrogen and oxygen atoms in total. The van der Waals surface area contributed by atoms with E-state index in [1.807, 2.05) is 19.1 Å². The highest BCUT2D eigenvalue weighted by Crippen LogP contribution is 2.00. The number of carbonyl (C=O) groups excluding carboxylic acids is 1. The van der Waals surface area contributed by atoms with Crippen LogP contribution in [0, 0.1) is 0 Å². The molecule has 0 fully saturated rings. The van der Waals surface area contributed by atoms with E-state index in [2.05, 4.69) is 0 Å². The minimum absolute atomic E-state index is 0.580. The van der Waals surface area contributed by atoms with Gasteiger partial charge in [-0.15, -0.1) is 4.57 Å². The number of pyridine rings is 1. The Balaban J connectivity index is 2.99. The number of ether oxygens (including phenoxy) is 1. The fraction of sp³-hybridized carbons (Fsp3) is 0.222. The Bertz CT molecular complexity index is 303. The summed E-state index contributed by atoms with van der Waals surface area (Å²) in [6.07, 6.45) is 3.01. The van der Waals surface area contributed by atoms with Crippen molar-refractivity contribution in [2.45, 2.75) is 6.92 Å². The van der Waals surface area contributed by atoms with Gasteiger partial charge in [-0.05, 0) is 13.0 Å². The Hall–Kier alpha value is -1.60. The van der Waals surface area contributed by atoms with Gasteiger partial charge in [0.25, 0.3) is 6.20 Å². The van der Waals surface area contributed by atoms with Crippen molar-refractivity contribution in [3.8, 4) is 5.88 Å². The van der Waals surface area contributed by atoms with Crippen molar-refractivity contribution in [3.05, 3.63) is 24.4 Å². The van der Waals surface area contributed by atoms with Crippen molar-refractivity contribution < 1.29 is 14.1 Å². The number of hydrogen-bond acceptors (Lipinski definition) is 2. The summed E-state index contributed by atoms with van der Waals surface area (Å²) in [5.74, 6) is 2.33. The molecule has 1 heterocycles. The molecule has 0 aliphatic heterocycles. The van der Waals surface area contributed by atoms with E-state index < -0.39 is 0 Å². The van der Waals surface area contributed by atoms with Crippen LogP contribution in [0.5, 0.6) is 5.88 Å². The maximum atomic E-state index is 10.1. The molecule has 1 aromatic rings. The second kappa shape index (κ2) is 4.31. The van der Waals surface area contributed by atoms with Crippen molar-refractivity contribution in [2.75, 3.05) is 6.61 Å². The van der Waals surface area contributed by atoms with Crippen LogP contribution < -0.4 is 9.30 Å². The molecule has 0 bridgehead atoms. The van der Waals surface area contributed by atoms with Gasteiger partial charge in [0.2, 0.25) is 0 Å².